The molecule has 0 N–H and O–H groups in total. The topological polar surface area (TPSA) is 19.4 Å². The number of likely N-dealkylation sites (N-methyl/N-ethyl adjacent to an activating group) is 2. The first-order valence-electron chi connectivity index (χ1n) is 6.30. The second-order valence-corrected chi connectivity index (χ2v) is 5.03. The summed E-state index contributed by atoms with van der Waals surface area (Å²) >= 11 is 0. The Hall–Kier alpha value is -1.61. The molecule has 1 aromatic carbocycles. The van der Waals surface area contributed by atoms with Crippen molar-refractivity contribution in [1.29, 1.82) is 0 Å². The van der Waals surface area contributed by atoms with Gasteiger partial charge in [0.1, 0.15) is 0 Å². The molecule has 18 heavy (non-hydrogen) atoms. The van der Waals surface area contributed by atoms with Gasteiger partial charge < -0.3 is 9.80 Å². The van der Waals surface area contributed by atoms with E-state index >= 15 is 0 Å². The van der Waals surface area contributed by atoms with E-state index in [1.165, 1.54) is 16.6 Å². The van der Waals surface area contributed by atoms with Crippen molar-refractivity contribution in [3.05, 3.63) is 36.0 Å². The Labute approximate surface area is 109 Å². The zero-order chi connectivity index (χ0) is 13.1. The second-order valence-electron chi connectivity index (χ2n) is 5.03. The lowest BCUT2D eigenvalue weighted by Crippen LogP contribution is -2.28. The van der Waals surface area contributed by atoms with Gasteiger partial charge in [0.2, 0.25) is 0 Å². The molecule has 0 bridgehead atoms. The van der Waals surface area contributed by atoms with Crippen LogP contribution >= 0.6 is 0 Å². The highest BCUT2D eigenvalue weighted by molar-refractivity contribution is 5.93. The summed E-state index contributed by atoms with van der Waals surface area (Å²) in [6.45, 7) is 4.17. The van der Waals surface area contributed by atoms with Crippen molar-refractivity contribution in [2.45, 2.75) is 6.92 Å². The summed E-state index contributed by atoms with van der Waals surface area (Å²) in [7, 11) is 6.34. The highest BCUT2D eigenvalue weighted by Gasteiger charge is 2.07. The van der Waals surface area contributed by atoms with Crippen molar-refractivity contribution in [3.63, 3.8) is 0 Å². The molecule has 0 saturated carbocycles. The van der Waals surface area contributed by atoms with E-state index in [4.69, 9.17) is 0 Å². The second kappa shape index (κ2) is 5.36. The van der Waals surface area contributed by atoms with Crippen LogP contribution in [0.1, 0.15) is 5.56 Å². The first-order valence-corrected chi connectivity index (χ1v) is 6.30. The number of benzene rings is 1. The molecule has 2 rings (SSSR count). The fraction of sp³-hybridized carbons (Fsp3) is 0.400. The van der Waals surface area contributed by atoms with E-state index in [9.17, 15) is 0 Å². The number of hydrogen-bond acceptors (Lipinski definition) is 3. The Morgan fingerprint density at radius 2 is 1.83 bits per heavy atom. The normalized spacial score (nSPS) is 11.2. The van der Waals surface area contributed by atoms with E-state index in [1.54, 1.807) is 0 Å². The first kappa shape index (κ1) is 12.8. The summed E-state index contributed by atoms with van der Waals surface area (Å²) in [6, 6.07) is 8.45. The van der Waals surface area contributed by atoms with E-state index < -0.39 is 0 Å². The number of anilines is 1. The van der Waals surface area contributed by atoms with Crippen LogP contribution in [0.4, 0.5) is 5.69 Å². The largest absolute Gasteiger partial charge is 0.373 e. The Kier molecular flexibility index (Phi) is 3.82. The van der Waals surface area contributed by atoms with Crippen LogP contribution in [-0.2, 0) is 0 Å². The summed E-state index contributed by atoms with van der Waals surface area (Å²) in [4.78, 5) is 8.98. The molecular formula is C15H21N3. The molecule has 0 atom stereocenters. The molecule has 0 amide bonds. The van der Waals surface area contributed by atoms with Crippen LogP contribution in [0.3, 0.4) is 0 Å². The van der Waals surface area contributed by atoms with Gasteiger partial charge >= 0.3 is 0 Å². The highest BCUT2D eigenvalue weighted by Crippen LogP contribution is 2.26. The molecule has 3 nitrogen and oxygen atoms in total. The predicted octanol–water partition coefficient (Wildman–Crippen LogP) is 2.54. The molecular weight excluding hydrogens is 222 g/mol. The van der Waals surface area contributed by atoms with Crippen LogP contribution in [0.2, 0.25) is 0 Å². The third-order valence-electron chi connectivity index (χ3n) is 3.24. The number of para-hydroxylation sites is 1. The number of pyridine rings is 1. The summed E-state index contributed by atoms with van der Waals surface area (Å²) < 4.78 is 0. The molecule has 96 valence electrons. The highest BCUT2D eigenvalue weighted by atomic mass is 15.2. The molecule has 0 unspecified atom stereocenters. The Bertz CT molecular complexity index is 534. The van der Waals surface area contributed by atoms with Crippen molar-refractivity contribution in [2.24, 2.45) is 0 Å². The number of aromatic nitrogens is 1. The third kappa shape index (κ3) is 2.62. The average molecular weight is 243 g/mol. The number of nitrogens with zero attached hydrogens (tertiary/aromatic N) is 3. The lowest BCUT2D eigenvalue weighted by Gasteiger charge is -2.23. The van der Waals surface area contributed by atoms with Crippen LogP contribution in [0.15, 0.2) is 30.5 Å². The van der Waals surface area contributed by atoms with Gasteiger partial charge in [-0.15, -0.1) is 0 Å². The monoisotopic (exact) mass is 243 g/mol. The maximum absolute atomic E-state index is 4.48. The summed E-state index contributed by atoms with van der Waals surface area (Å²) in [5.74, 6) is 0. The maximum atomic E-state index is 4.48. The van der Waals surface area contributed by atoms with Gasteiger partial charge in [0.05, 0.1) is 5.52 Å². The van der Waals surface area contributed by atoms with Crippen molar-refractivity contribution >= 4 is 16.6 Å². The summed E-state index contributed by atoms with van der Waals surface area (Å²) in [5, 5.41) is 1.23. The average Bonchev–Trinajstić information content (AvgIpc) is 2.36. The van der Waals surface area contributed by atoms with Crippen molar-refractivity contribution in [1.82, 2.24) is 9.88 Å². The molecule has 0 saturated heterocycles. The SMILES string of the molecule is Cc1cccc2c(N(C)CCN(C)C)ccnc12. The Morgan fingerprint density at radius 1 is 1.06 bits per heavy atom. The lowest BCUT2D eigenvalue weighted by atomic mass is 10.1. The Balaban J connectivity index is 2.36. The van der Waals surface area contributed by atoms with E-state index in [-0.39, 0.29) is 0 Å². The third-order valence-corrected chi connectivity index (χ3v) is 3.24. The molecule has 0 fully saturated rings. The molecule has 0 spiro atoms. The zero-order valence-electron chi connectivity index (χ0n) is 11.6. The van der Waals surface area contributed by atoms with E-state index in [1.807, 2.05) is 6.20 Å². The standard InChI is InChI=1S/C15H21N3/c1-12-6-5-7-13-14(8-9-16-15(12)13)18(4)11-10-17(2)3/h5-9H,10-11H2,1-4H3. The minimum absolute atomic E-state index is 1.01. The van der Waals surface area contributed by atoms with Gasteiger partial charge in [-0.05, 0) is 32.6 Å². The predicted molar refractivity (Wildman–Crippen MR) is 78.3 cm³/mol. The number of fused-ring (bicyclic) bond motifs is 1. The van der Waals surface area contributed by atoms with Gasteiger partial charge in [-0.3, -0.25) is 4.98 Å². The minimum Gasteiger partial charge on any atom is -0.373 e. The number of aryl methyl sites for hydroxylation is 1. The quantitative estimate of drug-likeness (QED) is 0.822. The molecule has 0 aliphatic carbocycles. The molecule has 3 heteroatoms. The zero-order valence-corrected chi connectivity index (χ0v) is 11.6. The molecule has 1 heterocycles. The fourth-order valence-electron chi connectivity index (χ4n) is 2.11. The van der Waals surface area contributed by atoms with Gasteiger partial charge in [-0.2, -0.15) is 0 Å². The van der Waals surface area contributed by atoms with Crippen molar-refractivity contribution < 1.29 is 0 Å². The van der Waals surface area contributed by atoms with E-state index in [0.717, 1.165) is 18.6 Å². The molecule has 0 aliphatic heterocycles. The van der Waals surface area contributed by atoms with Crippen LogP contribution in [0, 0.1) is 6.92 Å². The summed E-state index contributed by atoms with van der Waals surface area (Å²) in [5.41, 5.74) is 3.59. The van der Waals surface area contributed by atoms with Crippen molar-refractivity contribution in [3.8, 4) is 0 Å². The molecule has 2 aromatic rings. The van der Waals surface area contributed by atoms with Crippen LogP contribution in [-0.4, -0.2) is 44.1 Å². The van der Waals surface area contributed by atoms with Gasteiger partial charge in [0.15, 0.2) is 0 Å². The summed E-state index contributed by atoms with van der Waals surface area (Å²) in [6.07, 6.45) is 1.90. The Morgan fingerprint density at radius 3 is 2.56 bits per heavy atom. The number of hydrogen-bond donors (Lipinski definition) is 0. The van der Waals surface area contributed by atoms with Crippen LogP contribution in [0.5, 0.6) is 0 Å². The van der Waals surface area contributed by atoms with Gasteiger partial charge in [0, 0.05) is 37.4 Å². The number of rotatable bonds is 4. The smallest absolute Gasteiger partial charge is 0.0751 e. The molecule has 0 aliphatic rings. The van der Waals surface area contributed by atoms with Crippen LogP contribution in [0.25, 0.3) is 10.9 Å². The van der Waals surface area contributed by atoms with Crippen LogP contribution < -0.4 is 4.90 Å². The van der Waals surface area contributed by atoms with Gasteiger partial charge in [0.25, 0.3) is 0 Å². The van der Waals surface area contributed by atoms with Gasteiger partial charge in [-0.1, -0.05) is 18.2 Å². The van der Waals surface area contributed by atoms with Gasteiger partial charge in [-0.25, -0.2) is 0 Å². The fourth-order valence-corrected chi connectivity index (χ4v) is 2.11. The molecule has 0 radical (unpaired) electrons. The first-order chi connectivity index (χ1) is 8.59. The minimum atomic E-state index is 1.01. The van der Waals surface area contributed by atoms with E-state index in [2.05, 4.69) is 67.1 Å². The maximum Gasteiger partial charge on any atom is 0.0751 e. The molecule has 1 aromatic heterocycles. The lowest BCUT2D eigenvalue weighted by molar-refractivity contribution is 0.416. The van der Waals surface area contributed by atoms with Crippen molar-refractivity contribution in [2.75, 3.05) is 39.1 Å². The van der Waals surface area contributed by atoms with E-state index in [0.29, 0.717) is 0 Å².